The molecule has 0 spiro atoms. The topological polar surface area (TPSA) is 222 Å². The lowest BCUT2D eigenvalue weighted by molar-refractivity contribution is -0.147. The Morgan fingerprint density at radius 1 is 0.588 bits per heavy atom. The van der Waals surface area contributed by atoms with Gasteiger partial charge in [0.15, 0.2) is 0 Å². The van der Waals surface area contributed by atoms with Crippen molar-refractivity contribution in [1.82, 2.24) is 47.0 Å². The van der Waals surface area contributed by atoms with Crippen LogP contribution in [0.1, 0.15) is 149 Å². The van der Waals surface area contributed by atoms with E-state index in [4.69, 9.17) is 0 Å². The Bertz CT molecular complexity index is 2930. The van der Waals surface area contributed by atoms with Gasteiger partial charge in [-0.1, -0.05) is 108 Å². The van der Waals surface area contributed by atoms with Crippen LogP contribution in [-0.4, -0.2) is 114 Å². The second-order valence-electron chi connectivity index (χ2n) is 24.6. The van der Waals surface area contributed by atoms with Gasteiger partial charge < -0.3 is 52.3 Å². The van der Waals surface area contributed by atoms with Gasteiger partial charge in [-0.2, -0.15) is 0 Å². The maximum absolute atomic E-state index is 14.9. The van der Waals surface area contributed by atoms with Crippen LogP contribution in [0.15, 0.2) is 91.0 Å². The van der Waals surface area contributed by atoms with E-state index in [1.807, 2.05) is 102 Å². The van der Waals surface area contributed by atoms with E-state index in [2.05, 4.69) is 60.7 Å². The Hall–Kier alpha value is -7.11. The summed E-state index contributed by atoms with van der Waals surface area (Å²) in [6.45, 7) is 15.5. The first-order valence-electron chi connectivity index (χ1n) is 28.6. The summed E-state index contributed by atoms with van der Waals surface area (Å²) in [7, 11) is 3.37. The molecule has 8 rings (SSSR count). The highest BCUT2D eigenvalue weighted by Gasteiger charge is 2.47. The van der Waals surface area contributed by atoms with Crippen molar-refractivity contribution in [2.24, 2.45) is 10.8 Å². The van der Waals surface area contributed by atoms with Crippen LogP contribution in [0.2, 0.25) is 0 Å². The molecule has 0 aromatic heterocycles. The molecule has 2 aliphatic carbocycles. The van der Waals surface area contributed by atoms with E-state index in [9.17, 15) is 33.6 Å². The number of likely N-dealkylation sites (N-methyl/N-ethyl adjacent to an activating group) is 2. The molecule has 9 atom stereocenters. The van der Waals surface area contributed by atoms with Crippen molar-refractivity contribution in [2.75, 3.05) is 26.0 Å². The first kappa shape index (κ1) is 59.0. The average molecular weight is 1090 g/mol. The Morgan fingerprint density at radius 2 is 1.10 bits per heavy atom. The minimum absolute atomic E-state index is 0.0790. The van der Waals surface area contributed by atoms with Crippen LogP contribution in [0.25, 0.3) is 0 Å². The van der Waals surface area contributed by atoms with Crippen LogP contribution in [-0.2, 0) is 61.1 Å². The van der Waals surface area contributed by atoms with E-state index in [-0.39, 0.29) is 72.9 Å². The molecule has 80 heavy (non-hydrogen) atoms. The van der Waals surface area contributed by atoms with E-state index in [0.717, 1.165) is 72.0 Å². The molecule has 4 aliphatic rings. The van der Waals surface area contributed by atoms with Crippen LogP contribution in [0.3, 0.4) is 0 Å². The predicted molar refractivity (Wildman–Crippen MR) is 310 cm³/mol. The third-order valence-electron chi connectivity index (χ3n) is 16.7. The summed E-state index contributed by atoms with van der Waals surface area (Å²) in [5, 5.41) is 25.0. The summed E-state index contributed by atoms with van der Waals surface area (Å²) >= 11 is 0. The van der Waals surface area contributed by atoms with E-state index < -0.39 is 53.1 Å². The highest BCUT2D eigenvalue weighted by atomic mass is 16.2. The predicted octanol–water partition coefficient (Wildman–Crippen LogP) is 5.92. The van der Waals surface area contributed by atoms with Crippen LogP contribution in [0.4, 0.5) is 5.69 Å². The molecule has 4 aromatic carbocycles. The second-order valence-corrected chi connectivity index (χ2v) is 24.6. The number of anilines is 1. The Balaban J connectivity index is 0.955. The smallest absolute Gasteiger partial charge is 0.251 e. The monoisotopic (exact) mass is 1090 g/mol. The molecule has 1 fully saturated rings. The molecule has 0 radical (unpaired) electrons. The second kappa shape index (κ2) is 25.1. The van der Waals surface area contributed by atoms with Crippen molar-refractivity contribution in [3.05, 3.63) is 136 Å². The quantitative estimate of drug-likeness (QED) is 0.0624. The minimum atomic E-state index is -0.942. The lowest BCUT2D eigenvalue weighted by Crippen LogP contribution is -2.62. The summed E-state index contributed by atoms with van der Waals surface area (Å²) in [4.78, 5) is 102. The maximum Gasteiger partial charge on any atom is 0.251 e. The van der Waals surface area contributed by atoms with E-state index in [1.165, 1.54) is 16.0 Å². The molecule has 1 saturated heterocycles. The van der Waals surface area contributed by atoms with Gasteiger partial charge in [0.05, 0.1) is 24.2 Å². The molecule has 4 aromatic rings. The number of nitrogens with zero attached hydrogens (tertiary/aromatic N) is 2. The normalized spacial score (nSPS) is 21.2. The maximum atomic E-state index is 14.9. The largest absolute Gasteiger partial charge is 0.381 e. The first-order chi connectivity index (χ1) is 38.0. The Labute approximate surface area is 472 Å². The Kier molecular flexibility index (Phi) is 18.5. The zero-order valence-corrected chi connectivity index (χ0v) is 48.4. The number of amides is 7. The molecule has 0 saturated carbocycles. The third-order valence-corrected chi connectivity index (χ3v) is 16.7. The number of benzene rings is 4. The molecular weight excluding hydrogens is 1010 g/mol. The van der Waals surface area contributed by atoms with Crippen molar-refractivity contribution >= 4 is 47.0 Å². The van der Waals surface area contributed by atoms with Gasteiger partial charge in [0, 0.05) is 43.3 Å². The number of nitrogens with one attached hydrogen (secondary N) is 8. The number of likely N-dealkylation sites (tertiary alicyclic amines) is 1. The number of carbonyl (C=O) groups excluding carboxylic acids is 7. The van der Waals surface area contributed by atoms with Gasteiger partial charge in [-0.25, -0.2) is 0 Å². The fraction of sp³-hybridized carbons (Fsp3) is 0.508. The van der Waals surface area contributed by atoms with E-state index in [0.29, 0.717) is 18.5 Å². The van der Waals surface area contributed by atoms with E-state index in [1.54, 1.807) is 45.0 Å². The number of rotatable bonds is 17. The van der Waals surface area contributed by atoms with Crippen molar-refractivity contribution in [3.8, 4) is 0 Å². The first-order valence-corrected chi connectivity index (χ1v) is 28.6. The Morgan fingerprint density at radius 3 is 1.62 bits per heavy atom. The number of fused-ring (bicyclic) bond motifs is 3. The van der Waals surface area contributed by atoms with Gasteiger partial charge in [-0.15, -0.1) is 0 Å². The van der Waals surface area contributed by atoms with Crippen molar-refractivity contribution in [1.29, 1.82) is 0 Å². The highest BCUT2D eigenvalue weighted by Crippen LogP contribution is 2.35. The van der Waals surface area contributed by atoms with Crippen molar-refractivity contribution in [3.63, 3.8) is 0 Å². The van der Waals surface area contributed by atoms with Gasteiger partial charge in [0.2, 0.25) is 35.4 Å². The standard InChI is InChI=1S/C63H84N10O7/c1-37(64-9)55(74)70-53(62(3,4)5)60(79)72-35-44-31-45(30-29-43(44)32-51(72)58(77)68-49-23-15-19-40-17-11-13-21-47(40)49)66-34-39-25-27-42(28-26-39)57(76)67-46-33-52(59(78)69-50-24-16-20-41-18-12-14-22-48(41)50)73(36-46)61(80)54(63(6,7)8)71-56(75)38(2)65-10/h11-14,17-18,21-22,25-31,37-38,46,49-54,64-66H,15-16,19-20,23-24,32-36H2,1-10H3,(H,67,76)(H,68,77)(H,69,78)(H,70,74)(H,71,75)/t37-,38-,46-,49+,50+,51-,52-,53?,54?/m0/s1. The molecule has 2 aliphatic heterocycles. The average Bonchev–Trinajstić information content (AvgIpc) is 3.88. The zero-order valence-electron chi connectivity index (χ0n) is 48.4. The number of hydrogen-bond acceptors (Lipinski definition) is 10. The third kappa shape index (κ3) is 13.7. The molecule has 2 heterocycles. The highest BCUT2D eigenvalue weighted by molar-refractivity contribution is 5.97. The lowest BCUT2D eigenvalue weighted by Gasteiger charge is -2.42. The van der Waals surface area contributed by atoms with Gasteiger partial charge in [0.1, 0.15) is 24.2 Å². The van der Waals surface area contributed by atoms with E-state index >= 15 is 0 Å². The number of aryl methyl sites for hydroxylation is 2. The van der Waals surface area contributed by atoms with Crippen LogP contribution in [0, 0.1) is 10.8 Å². The molecule has 0 bridgehead atoms. The fourth-order valence-electron chi connectivity index (χ4n) is 11.6. The van der Waals surface area contributed by atoms with Crippen molar-refractivity contribution in [2.45, 2.75) is 174 Å². The van der Waals surface area contributed by atoms with Crippen molar-refractivity contribution < 1.29 is 33.6 Å². The minimum Gasteiger partial charge on any atom is -0.381 e. The molecule has 17 nitrogen and oxygen atoms in total. The van der Waals surface area contributed by atoms with Crippen LogP contribution >= 0.6 is 0 Å². The van der Waals surface area contributed by atoms with Crippen LogP contribution in [0.5, 0.6) is 0 Å². The molecule has 7 amide bonds. The fourth-order valence-corrected chi connectivity index (χ4v) is 11.6. The van der Waals surface area contributed by atoms with Gasteiger partial charge in [-0.05, 0) is 147 Å². The molecule has 17 heteroatoms. The lowest BCUT2D eigenvalue weighted by atomic mass is 9.83. The van der Waals surface area contributed by atoms with Gasteiger partial charge >= 0.3 is 0 Å². The molecular formula is C63H84N10O7. The molecule has 8 N–H and O–H groups in total. The van der Waals surface area contributed by atoms with Gasteiger partial charge in [-0.3, -0.25) is 33.6 Å². The molecule has 428 valence electrons. The molecule has 2 unspecified atom stereocenters. The SMILES string of the molecule is CN[C@@H](C)C(=O)NC(C(=O)N1Cc2cc(NCc3ccc(C(=O)N[C@H]4C[C@@H](C(=O)N[C@@H]5CCCc6ccccc65)N(C(=O)C(NC(=O)[C@H](C)NC)C(C)(C)C)C4)cc3)ccc2C[C@H]1C(=O)N[C@@H]1CCCc2ccccc21)C(C)(C)C. The summed E-state index contributed by atoms with van der Waals surface area (Å²) in [6, 6.07) is 23.9. The summed E-state index contributed by atoms with van der Waals surface area (Å²) in [5.41, 5.74) is 7.18. The zero-order chi connectivity index (χ0) is 57.6. The summed E-state index contributed by atoms with van der Waals surface area (Å²) < 4.78 is 0. The number of hydrogen-bond donors (Lipinski definition) is 8. The van der Waals surface area contributed by atoms with Crippen LogP contribution < -0.4 is 42.5 Å². The summed E-state index contributed by atoms with van der Waals surface area (Å²) in [5.74, 6) is -2.24. The van der Waals surface area contributed by atoms with Gasteiger partial charge in [0.25, 0.3) is 5.91 Å². The summed E-state index contributed by atoms with van der Waals surface area (Å²) in [6.07, 6.45) is 5.80. The number of carbonyl (C=O) groups is 7.